The normalized spacial score (nSPS) is 21.4. The van der Waals surface area contributed by atoms with Crippen molar-refractivity contribution in [2.75, 3.05) is 11.9 Å². The third-order valence-electron chi connectivity index (χ3n) is 4.93. The van der Waals surface area contributed by atoms with E-state index in [1.54, 1.807) is 6.33 Å². The molecule has 0 saturated heterocycles. The average molecular weight is 272 g/mol. The van der Waals surface area contributed by atoms with Crippen molar-refractivity contribution in [3.05, 3.63) is 18.1 Å². The number of anilines is 1. The van der Waals surface area contributed by atoms with E-state index >= 15 is 0 Å². The molecule has 1 aliphatic carbocycles. The predicted octanol–water partition coefficient (Wildman–Crippen LogP) is 3.76. The summed E-state index contributed by atoms with van der Waals surface area (Å²) >= 11 is 0. The maximum atomic E-state index is 4.45. The lowest BCUT2D eigenvalue weighted by molar-refractivity contribution is 0.272. The maximum absolute atomic E-state index is 4.45. The van der Waals surface area contributed by atoms with E-state index in [1.165, 1.54) is 24.8 Å². The molecule has 1 fully saturated rings. The van der Waals surface area contributed by atoms with Crippen LogP contribution in [0.15, 0.2) is 12.5 Å². The van der Waals surface area contributed by atoms with E-state index in [-0.39, 0.29) is 0 Å². The van der Waals surface area contributed by atoms with Gasteiger partial charge in [-0.15, -0.1) is 0 Å². The smallest absolute Gasteiger partial charge is 0.143 e. The van der Waals surface area contributed by atoms with Crippen LogP contribution in [0, 0.1) is 11.3 Å². The van der Waals surface area contributed by atoms with Gasteiger partial charge in [-0.05, 0) is 36.2 Å². The Morgan fingerprint density at radius 3 is 2.95 bits per heavy atom. The van der Waals surface area contributed by atoms with Crippen molar-refractivity contribution in [1.82, 2.24) is 15.0 Å². The lowest BCUT2D eigenvalue weighted by Gasteiger charge is -2.27. The van der Waals surface area contributed by atoms with Crippen molar-refractivity contribution in [2.24, 2.45) is 11.3 Å². The first kappa shape index (κ1) is 13.4. The van der Waals surface area contributed by atoms with Gasteiger partial charge in [-0.2, -0.15) is 0 Å². The lowest BCUT2D eigenvalue weighted by Crippen LogP contribution is -2.25. The van der Waals surface area contributed by atoms with Crippen LogP contribution in [0.2, 0.25) is 0 Å². The second-order valence-corrected chi connectivity index (χ2v) is 6.57. The zero-order valence-electron chi connectivity index (χ0n) is 12.7. The van der Waals surface area contributed by atoms with Gasteiger partial charge in [0.1, 0.15) is 17.8 Å². The number of nitrogens with zero attached hydrogens (tertiary/aromatic N) is 2. The first-order valence-corrected chi connectivity index (χ1v) is 7.66. The number of H-pyrrole nitrogens is 1. The quantitative estimate of drug-likeness (QED) is 0.891. The fraction of sp³-hybridized carbons (Fsp3) is 0.625. The molecule has 0 radical (unpaired) electrons. The van der Waals surface area contributed by atoms with Gasteiger partial charge in [-0.25, -0.2) is 9.97 Å². The Hall–Kier alpha value is -1.58. The minimum Gasteiger partial charge on any atom is -0.369 e. The third kappa shape index (κ3) is 2.28. The summed E-state index contributed by atoms with van der Waals surface area (Å²) in [6, 6.07) is 0. The monoisotopic (exact) mass is 272 g/mol. The van der Waals surface area contributed by atoms with Crippen LogP contribution in [0.3, 0.4) is 0 Å². The van der Waals surface area contributed by atoms with Crippen LogP contribution in [-0.2, 0) is 6.42 Å². The second kappa shape index (κ2) is 5.08. The highest BCUT2D eigenvalue weighted by molar-refractivity contribution is 5.90. The molecule has 4 nitrogen and oxygen atoms in total. The molecule has 1 saturated carbocycles. The van der Waals surface area contributed by atoms with E-state index in [9.17, 15) is 0 Å². The summed E-state index contributed by atoms with van der Waals surface area (Å²) in [5, 5.41) is 4.73. The van der Waals surface area contributed by atoms with Gasteiger partial charge in [0.15, 0.2) is 0 Å². The summed E-state index contributed by atoms with van der Waals surface area (Å²) in [5.41, 5.74) is 2.67. The van der Waals surface area contributed by atoms with Crippen molar-refractivity contribution < 1.29 is 0 Å². The van der Waals surface area contributed by atoms with Crippen molar-refractivity contribution in [3.63, 3.8) is 0 Å². The Bertz CT molecular complexity index is 600. The molecule has 1 unspecified atom stereocenters. The first-order valence-electron chi connectivity index (χ1n) is 7.66. The summed E-state index contributed by atoms with van der Waals surface area (Å²) in [4.78, 5) is 12.0. The van der Waals surface area contributed by atoms with Crippen LogP contribution >= 0.6 is 0 Å². The Balaban J connectivity index is 1.82. The molecular formula is C16H24N4. The highest BCUT2D eigenvalue weighted by Gasteiger charge is 2.34. The van der Waals surface area contributed by atoms with Crippen molar-refractivity contribution >= 4 is 16.9 Å². The van der Waals surface area contributed by atoms with Crippen molar-refractivity contribution in [1.29, 1.82) is 0 Å². The lowest BCUT2D eigenvalue weighted by atomic mass is 9.82. The molecule has 2 aromatic rings. The number of fused-ring (bicyclic) bond motifs is 1. The van der Waals surface area contributed by atoms with E-state index in [1.807, 2.05) is 6.20 Å². The number of aromatic nitrogens is 3. The number of hydrogen-bond donors (Lipinski definition) is 2. The van der Waals surface area contributed by atoms with Crippen LogP contribution < -0.4 is 5.32 Å². The van der Waals surface area contributed by atoms with E-state index in [0.717, 1.165) is 35.7 Å². The molecule has 0 spiro atoms. The first-order chi connectivity index (χ1) is 9.62. The van der Waals surface area contributed by atoms with E-state index in [4.69, 9.17) is 0 Å². The van der Waals surface area contributed by atoms with Crippen LogP contribution in [0.5, 0.6) is 0 Å². The highest BCUT2D eigenvalue weighted by Crippen LogP contribution is 2.42. The van der Waals surface area contributed by atoms with Gasteiger partial charge < -0.3 is 10.3 Å². The minimum atomic E-state index is 0.449. The molecule has 0 aliphatic heterocycles. The molecule has 2 heterocycles. The Kier molecular flexibility index (Phi) is 3.40. The predicted molar refractivity (Wildman–Crippen MR) is 82.9 cm³/mol. The van der Waals surface area contributed by atoms with E-state index < -0.39 is 0 Å². The average Bonchev–Trinajstić information content (AvgIpc) is 2.99. The Morgan fingerprint density at radius 1 is 1.40 bits per heavy atom. The third-order valence-corrected chi connectivity index (χ3v) is 4.93. The maximum Gasteiger partial charge on any atom is 0.143 e. The molecule has 1 atom stereocenters. The van der Waals surface area contributed by atoms with Crippen LogP contribution in [0.1, 0.15) is 45.6 Å². The second-order valence-electron chi connectivity index (χ2n) is 6.57. The summed E-state index contributed by atoms with van der Waals surface area (Å²) in [7, 11) is 0. The number of rotatable bonds is 4. The largest absolute Gasteiger partial charge is 0.369 e. The van der Waals surface area contributed by atoms with Gasteiger partial charge in [0.05, 0.1) is 5.39 Å². The molecule has 4 heteroatoms. The van der Waals surface area contributed by atoms with Crippen molar-refractivity contribution in [3.8, 4) is 0 Å². The van der Waals surface area contributed by atoms with Crippen LogP contribution in [-0.4, -0.2) is 21.5 Å². The van der Waals surface area contributed by atoms with E-state index in [0.29, 0.717) is 5.41 Å². The van der Waals surface area contributed by atoms with Gasteiger partial charge in [-0.1, -0.05) is 27.2 Å². The van der Waals surface area contributed by atoms with Gasteiger partial charge >= 0.3 is 0 Å². The van der Waals surface area contributed by atoms with Gasteiger partial charge in [0.2, 0.25) is 0 Å². The van der Waals surface area contributed by atoms with Gasteiger partial charge in [-0.3, -0.25) is 0 Å². The number of nitrogens with one attached hydrogen (secondary N) is 2. The summed E-state index contributed by atoms with van der Waals surface area (Å²) in [6.45, 7) is 7.94. The summed E-state index contributed by atoms with van der Waals surface area (Å²) in [5.74, 6) is 1.72. The fourth-order valence-corrected chi connectivity index (χ4v) is 3.44. The molecule has 1 aliphatic rings. The number of hydrogen-bond acceptors (Lipinski definition) is 3. The molecule has 108 valence electrons. The molecule has 0 bridgehead atoms. The fourth-order valence-electron chi connectivity index (χ4n) is 3.44. The molecular weight excluding hydrogens is 248 g/mol. The minimum absolute atomic E-state index is 0.449. The highest BCUT2D eigenvalue weighted by atomic mass is 15.0. The van der Waals surface area contributed by atoms with E-state index in [2.05, 4.69) is 41.0 Å². The molecule has 2 aromatic heterocycles. The van der Waals surface area contributed by atoms with Crippen molar-refractivity contribution in [2.45, 2.75) is 46.5 Å². The molecule has 2 N–H and O–H groups in total. The Morgan fingerprint density at radius 2 is 2.25 bits per heavy atom. The SMILES string of the molecule is CCc1c[nH]c2ncnc(NCC3CCCC3(C)C)c12. The zero-order chi connectivity index (χ0) is 14.2. The van der Waals surface area contributed by atoms with Crippen LogP contribution in [0.4, 0.5) is 5.82 Å². The number of aryl methyl sites for hydroxylation is 1. The molecule has 0 aromatic carbocycles. The summed E-state index contributed by atoms with van der Waals surface area (Å²) < 4.78 is 0. The van der Waals surface area contributed by atoms with Gasteiger partial charge in [0, 0.05) is 12.7 Å². The molecule has 0 amide bonds. The topological polar surface area (TPSA) is 53.6 Å². The number of aromatic amines is 1. The Labute approximate surface area is 120 Å². The molecule has 3 rings (SSSR count). The standard InChI is InChI=1S/C16H24N4/c1-4-11-8-17-14-13(11)15(20-10-19-14)18-9-12-6-5-7-16(12,2)3/h8,10,12H,4-7,9H2,1-3H3,(H2,17,18,19,20). The van der Waals surface area contributed by atoms with Gasteiger partial charge in [0.25, 0.3) is 0 Å². The zero-order valence-corrected chi connectivity index (χ0v) is 12.7. The summed E-state index contributed by atoms with van der Waals surface area (Å²) in [6.07, 6.45) is 8.69. The molecule has 20 heavy (non-hydrogen) atoms. The van der Waals surface area contributed by atoms with Crippen LogP contribution in [0.25, 0.3) is 11.0 Å².